The van der Waals surface area contributed by atoms with Gasteiger partial charge in [-0.1, -0.05) is 23.7 Å². The molecule has 1 saturated heterocycles. The van der Waals surface area contributed by atoms with Crippen LogP contribution in [0.1, 0.15) is 12.8 Å². The Balaban J connectivity index is 1.80. The summed E-state index contributed by atoms with van der Waals surface area (Å²) in [6.07, 6.45) is -6.34. The number of rotatable bonds is 5. The maximum absolute atomic E-state index is 12.2. The van der Waals surface area contributed by atoms with Crippen molar-refractivity contribution < 1.29 is 23.0 Å². The third kappa shape index (κ3) is 5.37. The van der Waals surface area contributed by atoms with Gasteiger partial charge in [-0.2, -0.15) is 13.2 Å². The zero-order chi connectivity index (χ0) is 15.5. The van der Waals surface area contributed by atoms with Crippen molar-refractivity contribution in [3.8, 4) is 5.75 Å². The molecule has 1 fully saturated rings. The van der Waals surface area contributed by atoms with E-state index in [1.807, 2.05) is 0 Å². The smallest absolute Gasteiger partial charge is 0.391 e. The molecule has 118 valence electrons. The quantitative estimate of drug-likeness (QED) is 0.904. The Bertz CT molecular complexity index is 470. The van der Waals surface area contributed by atoms with Crippen LogP contribution in [-0.4, -0.2) is 48.0 Å². The Hall–Kier alpha value is -0.980. The molecule has 0 aliphatic carbocycles. The fourth-order valence-electron chi connectivity index (χ4n) is 2.41. The van der Waals surface area contributed by atoms with E-state index in [1.165, 1.54) is 0 Å². The van der Waals surface area contributed by atoms with E-state index in [0.29, 0.717) is 30.3 Å². The Morgan fingerprint density at radius 3 is 2.76 bits per heavy atom. The summed E-state index contributed by atoms with van der Waals surface area (Å²) in [6, 6.07) is 7.07. The molecule has 0 radical (unpaired) electrons. The molecule has 2 atom stereocenters. The molecule has 1 heterocycles. The minimum Gasteiger partial charge on any atom is -0.487 e. The molecule has 0 aromatic heterocycles. The lowest BCUT2D eigenvalue weighted by molar-refractivity contribution is -0.155. The number of hydrogen-bond donors (Lipinski definition) is 1. The summed E-state index contributed by atoms with van der Waals surface area (Å²) in [4.78, 5) is 1.78. The van der Waals surface area contributed by atoms with Crippen molar-refractivity contribution in [1.82, 2.24) is 4.90 Å². The number of aliphatic hydroxyl groups excluding tert-OH is 1. The highest BCUT2D eigenvalue weighted by Crippen LogP contribution is 2.27. The molecule has 21 heavy (non-hydrogen) atoms. The van der Waals surface area contributed by atoms with Gasteiger partial charge in [-0.05, 0) is 18.6 Å². The van der Waals surface area contributed by atoms with Crippen molar-refractivity contribution in [3.63, 3.8) is 0 Å². The van der Waals surface area contributed by atoms with E-state index in [1.54, 1.807) is 29.2 Å². The van der Waals surface area contributed by atoms with Crippen LogP contribution in [0.2, 0.25) is 5.02 Å². The second-order valence-corrected chi connectivity index (χ2v) is 5.60. The van der Waals surface area contributed by atoms with Gasteiger partial charge in [0, 0.05) is 19.6 Å². The average Bonchev–Trinajstić information content (AvgIpc) is 2.77. The van der Waals surface area contributed by atoms with Crippen LogP contribution in [0.25, 0.3) is 0 Å². The molecule has 1 aromatic carbocycles. The molecular formula is C14H17ClF3NO2. The van der Waals surface area contributed by atoms with E-state index < -0.39 is 18.7 Å². The Morgan fingerprint density at radius 2 is 2.10 bits per heavy atom. The maximum atomic E-state index is 12.2. The van der Waals surface area contributed by atoms with Crippen LogP contribution in [0, 0.1) is 0 Å². The predicted octanol–water partition coefficient (Wildman–Crippen LogP) is 3.11. The predicted molar refractivity (Wildman–Crippen MR) is 73.6 cm³/mol. The monoisotopic (exact) mass is 323 g/mol. The van der Waals surface area contributed by atoms with Gasteiger partial charge in [0.05, 0.1) is 17.5 Å². The zero-order valence-corrected chi connectivity index (χ0v) is 12.1. The number of benzene rings is 1. The molecule has 3 nitrogen and oxygen atoms in total. The second-order valence-electron chi connectivity index (χ2n) is 5.19. The fraction of sp³-hybridized carbons (Fsp3) is 0.571. The van der Waals surface area contributed by atoms with E-state index in [0.717, 1.165) is 0 Å². The van der Waals surface area contributed by atoms with E-state index in [-0.39, 0.29) is 12.6 Å². The highest BCUT2D eigenvalue weighted by atomic mass is 35.5. The third-order valence-corrected chi connectivity index (χ3v) is 3.61. The van der Waals surface area contributed by atoms with Crippen LogP contribution in [0.3, 0.4) is 0 Å². The summed E-state index contributed by atoms with van der Waals surface area (Å²) in [5, 5.41) is 9.95. The molecule has 1 aliphatic rings. The molecule has 7 heteroatoms. The largest absolute Gasteiger partial charge is 0.487 e. The summed E-state index contributed by atoms with van der Waals surface area (Å²) in [5.41, 5.74) is 0. The van der Waals surface area contributed by atoms with Crippen molar-refractivity contribution in [2.75, 3.05) is 19.6 Å². The summed E-state index contributed by atoms with van der Waals surface area (Å²) in [6.45, 7) is 1.09. The van der Waals surface area contributed by atoms with Crippen molar-refractivity contribution in [3.05, 3.63) is 29.3 Å². The number of hydrogen-bond acceptors (Lipinski definition) is 3. The van der Waals surface area contributed by atoms with Gasteiger partial charge in [0.1, 0.15) is 11.9 Å². The van der Waals surface area contributed by atoms with Crippen LogP contribution in [0.5, 0.6) is 5.75 Å². The Morgan fingerprint density at radius 1 is 1.38 bits per heavy atom. The van der Waals surface area contributed by atoms with E-state index in [4.69, 9.17) is 16.3 Å². The highest BCUT2D eigenvalue weighted by Gasteiger charge is 2.33. The summed E-state index contributed by atoms with van der Waals surface area (Å²) in [5.74, 6) is 0.571. The topological polar surface area (TPSA) is 32.7 Å². The highest BCUT2D eigenvalue weighted by molar-refractivity contribution is 6.32. The summed E-state index contributed by atoms with van der Waals surface area (Å²) in [7, 11) is 0. The number of alkyl halides is 3. The van der Waals surface area contributed by atoms with E-state index >= 15 is 0 Å². The summed E-state index contributed by atoms with van der Waals surface area (Å²) < 4.78 is 42.3. The number of halogens is 4. The number of nitrogens with zero attached hydrogens (tertiary/aromatic N) is 1. The molecule has 0 bridgehead atoms. The average molecular weight is 324 g/mol. The Labute approximate surface area is 126 Å². The SMILES string of the molecule is O[C@@H](CN1CC[C@@H](Oc2ccccc2Cl)C1)CC(F)(F)F. The van der Waals surface area contributed by atoms with Gasteiger partial charge in [-0.25, -0.2) is 0 Å². The van der Waals surface area contributed by atoms with Gasteiger partial charge in [-0.3, -0.25) is 4.90 Å². The van der Waals surface area contributed by atoms with E-state index in [9.17, 15) is 18.3 Å². The number of para-hydroxylation sites is 1. The van der Waals surface area contributed by atoms with Crippen LogP contribution < -0.4 is 4.74 Å². The normalized spacial score (nSPS) is 21.5. The molecule has 2 rings (SSSR count). The first-order valence-corrected chi connectivity index (χ1v) is 7.09. The molecule has 0 saturated carbocycles. The maximum Gasteiger partial charge on any atom is 0.391 e. The van der Waals surface area contributed by atoms with Gasteiger partial charge >= 0.3 is 6.18 Å². The van der Waals surface area contributed by atoms with Gasteiger partial charge in [0.15, 0.2) is 0 Å². The van der Waals surface area contributed by atoms with Crippen LogP contribution >= 0.6 is 11.6 Å². The molecule has 0 unspecified atom stereocenters. The van der Waals surface area contributed by atoms with Gasteiger partial charge in [-0.15, -0.1) is 0 Å². The first-order chi connectivity index (χ1) is 9.83. The van der Waals surface area contributed by atoms with Crippen molar-refractivity contribution in [2.45, 2.75) is 31.2 Å². The molecule has 1 aromatic rings. The number of β-amino-alcohol motifs (C(OH)–C–C–N with tert-alkyl or cyclic N) is 1. The van der Waals surface area contributed by atoms with Crippen molar-refractivity contribution >= 4 is 11.6 Å². The minimum absolute atomic E-state index is 0.00188. The number of ether oxygens (including phenoxy) is 1. The first-order valence-electron chi connectivity index (χ1n) is 6.72. The molecule has 1 aliphatic heterocycles. The standard InChI is InChI=1S/C14H17ClF3NO2/c15-12-3-1-2-4-13(12)21-11-5-6-19(9-11)8-10(20)7-14(16,17)18/h1-4,10-11,20H,5-9H2/t10-,11-/m1/s1. The Kier molecular flexibility index (Phi) is 5.35. The fourth-order valence-corrected chi connectivity index (χ4v) is 2.59. The third-order valence-electron chi connectivity index (χ3n) is 3.30. The lowest BCUT2D eigenvalue weighted by atomic mass is 10.2. The molecule has 1 N–H and O–H groups in total. The second kappa shape index (κ2) is 6.85. The lowest BCUT2D eigenvalue weighted by Crippen LogP contribution is -2.34. The van der Waals surface area contributed by atoms with E-state index in [2.05, 4.69) is 0 Å². The number of likely N-dealkylation sites (tertiary alicyclic amines) is 1. The summed E-state index contributed by atoms with van der Waals surface area (Å²) >= 11 is 5.99. The van der Waals surface area contributed by atoms with Gasteiger partial charge in [0.25, 0.3) is 0 Å². The first kappa shape index (κ1) is 16.4. The van der Waals surface area contributed by atoms with Crippen LogP contribution in [-0.2, 0) is 0 Å². The van der Waals surface area contributed by atoms with Crippen LogP contribution in [0.15, 0.2) is 24.3 Å². The molecule has 0 spiro atoms. The number of aliphatic hydroxyl groups is 1. The molecular weight excluding hydrogens is 307 g/mol. The van der Waals surface area contributed by atoms with Crippen molar-refractivity contribution in [2.24, 2.45) is 0 Å². The lowest BCUT2D eigenvalue weighted by Gasteiger charge is -2.21. The van der Waals surface area contributed by atoms with Gasteiger partial charge < -0.3 is 9.84 Å². The molecule has 0 amide bonds. The minimum atomic E-state index is -4.34. The van der Waals surface area contributed by atoms with Gasteiger partial charge in [0.2, 0.25) is 0 Å². The zero-order valence-electron chi connectivity index (χ0n) is 11.3. The van der Waals surface area contributed by atoms with Crippen molar-refractivity contribution in [1.29, 1.82) is 0 Å². The van der Waals surface area contributed by atoms with Crippen LogP contribution in [0.4, 0.5) is 13.2 Å².